The van der Waals surface area contributed by atoms with Gasteiger partial charge in [-0.05, 0) is 88.5 Å². The molecule has 2 aromatic rings. The maximum absolute atomic E-state index is 2.40. The van der Waals surface area contributed by atoms with E-state index in [4.69, 9.17) is 0 Å². The predicted molar refractivity (Wildman–Crippen MR) is 151 cm³/mol. The second kappa shape index (κ2) is 10.2. The minimum atomic E-state index is 0.225. The van der Waals surface area contributed by atoms with Gasteiger partial charge in [-0.1, -0.05) is 118 Å². The van der Waals surface area contributed by atoms with E-state index < -0.39 is 0 Å². The summed E-state index contributed by atoms with van der Waals surface area (Å²) >= 11 is 0. The fourth-order valence-electron chi connectivity index (χ4n) is 5.42. The summed E-state index contributed by atoms with van der Waals surface area (Å²) in [7, 11) is 0. The lowest BCUT2D eigenvalue weighted by Gasteiger charge is -2.26. The van der Waals surface area contributed by atoms with Gasteiger partial charge in [0.25, 0.3) is 0 Å². The van der Waals surface area contributed by atoms with Crippen molar-refractivity contribution < 1.29 is 0 Å². The van der Waals surface area contributed by atoms with Gasteiger partial charge in [0, 0.05) is 5.92 Å². The Balaban J connectivity index is 1.18. The van der Waals surface area contributed by atoms with E-state index in [9.17, 15) is 0 Å². The molecule has 3 aliphatic carbocycles. The molecule has 3 aliphatic rings. The van der Waals surface area contributed by atoms with Gasteiger partial charge in [-0.15, -0.1) is 0 Å². The summed E-state index contributed by atoms with van der Waals surface area (Å²) in [6, 6.07) is 18.5. The standard InChI is InChI=1S/C35H38/c1-35(2,3)31-22-19-27(20-23-31)10-7-9-26-15-17-28(18-16-26)25-30-21-24-33(29-11-5-4-6-12-29)34-14-8-13-32(30)34/h5,8,11-24,34H,4,6-7,9-10,25H2,1-3H3. The summed E-state index contributed by atoms with van der Waals surface area (Å²) in [4.78, 5) is 0. The molecule has 2 aromatic carbocycles. The van der Waals surface area contributed by atoms with E-state index in [2.05, 4.69) is 118 Å². The Bertz CT molecular complexity index is 1230. The SMILES string of the molecule is CC(C)(C)c1ccc(CCCc2ccc(CC3=CC=C(C4=CCCC=C4)C4C=CC=C34)cc2)cc1. The van der Waals surface area contributed by atoms with E-state index in [1.54, 1.807) is 0 Å². The van der Waals surface area contributed by atoms with Gasteiger partial charge in [0.15, 0.2) is 0 Å². The van der Waals surface area contributed by atoms with Gasteiger partial charge >= 0.3 is 0 Å². The van der Waals surface area contributed by atoms with E-state index in [0.717, 1.165) is 25.7 Å². The molecule has 0 aromatic heterocycles. The molecule has 0 heterocycles. The Morgan fingerprint density at radius 3 is 2.09 bits per heavy atom. The average molecular weight is 459 g/mol. The minimum absolute atomic E-state index is 0.225. The Labute approximate surface area is 212 Å². The zero-order chi connectivity index (χ0) is 24.3. The summed E-state index contributed by atoms with van der Waals surface area (Å²) in [5.41, 5.74) is 11.7. The fourth-order valence-corrected chi connectivity index (χ4v) is 5.42. The molecule has 0 saturated heterocycles. The molecule has 1 atom stereocenters. The normalized spacial score (nSPS) is 19.1. The van der Waals surface area contributed by atoms with Crippen LogP contribution >= 0.6 is 0 Å². The van der Waals surface area contributed by atoms with Gasteiger partial charge in [0.05, 0.1) is 0 Å². The summed E-state index contributed by atoms with van der Waals surface area (Å²) in [6.45, 7) is 6.83. The van der Waals surface area contributed by atoms with Crippen LogP contribution in [0.5, 0.6) is 0 Å². The van der Waals surface area contributed by atoms with Crippen molar-refractivity contribution in [2.75, 3.05) is 0 Å². The first-order valence-corrected chi connectivity index (χ1v) is 13.3. The van der Waals surface area contributed by atoms with Crippen LogP contribution in [-0.4, -0.2) is 0 Å². The highest BCUT2D eigenvalue weighted by atomic mass is 14.3. The van der Waals surface area contributed by atoms with Crippen LogP contribution in [0.25, 0.3) is 0 Å². The van der Waals surface area contributed by atoms with Crippen molar-refractivity contribution in [3.63, 3.8) is 0 Å². The van der Waals surface area contributed by atoms with Crippen LogP contribution in [0.15, 0.2) is 119 Å². The van der Waals surface area contributed by atoms with Crippen molar-refractivity contribution >= 4 is 0 Å². The zero-order valence-corrected chi connectivity index (χ0v) is 21.6. The number of hydrogen-bond donors (Lipinski definition) is 0. The Hall–Kier alpha value is -3.12. The van der Waals surface area contributed by atoms with Crippen LogP contribution in [0.3, 0.4) is 0 Å². The smallest absolute Gasteiger partial charge is 0.0281 e. The van der Waals surface area contributed by atoms with Crippen molar-refractivity contribution in [1.82, 2.24) is 0 Å². The summed E-state index contributed by atoms with van der Waals surface area (Å²) in [6.07, 6.45) is 25.4. The van der Waals surface area contributed by atoms with Crippen molar-refractivity contribution in [2.24, 2.45) is 5.92 Å². The molecule has 35 heavy (non-hydrogen) atoms. The number of benzene rings is 2. The molecule has 5 rings (SSSR count). The van der Waals surface area contributed by atoms with Crippen LogP contribution in [0.2, 0.25) is 0 Å². The highest BCUT2D eigenvalue weighted by Crippen LogP contribution is 2.40. The lowest BCUT2D eigenvalue weighted by molar-refractivity contribution is 0.590. The van der Waals surface area contributed by atoms with Gasteiger partial charge in [0.1, 0.15) is 0 Å². The second-order valence-corrected chi connectivity index (χ2v) is 11.2. The fraction of sp³-hybridized carbons (Fsp3) is 0.314. The number of allylic oxidation sites excluding steroid dienone is 12. The van der Waals surface area contributed by atoms with Crippen LogP contribution in [0.1, 0.15) is 62.3 Å². The van der Waals surface area contributed by atoms with Crippen molar-refractivity contribution in [3.8, 4) is 0 Å². The Morgan fingerprint density at radius 1 is 0.743 bits per heavy atom. The largest absolute Gasteiger partial charge is 0.0836 e. The van der Waals surface area contributed by atoms with Gasteiger partial charge in [-0.2, -0.15) is 0 Å². The number of rotatable bonds is 7. The molecule has 0 amide bonds. The third-order valence-electron chi connectivity index (χ3n) is 7.58. The Morgan fingerprint density at radius 2 is 1.43 bits per heavy atom. The summed E-state index contributed by atoms with van der Waals surface area (Å²) in [5, 5.41) is 0. The van der Waals surface area contributed by atoms with Gasteiger partial charge < -0.3 is 0 Å². The topological polar surface area (TPSA) is 0 Å². The second-order valence-electron chi connectivity index (χ2n) is 11.2. The van der Waals surface area contributed by atoms with Gasteiger partial charge in [-0.25, -0.2) is 0 Å². The monoisotopic (exact) mass is 458 g/mol. The van der Waals surface area contributed by atoms with Gasteiger partial charge in [-0.3, -0.25) is 0 Å². The summed E-state index contributed by atoms with van der Waals surface area (Å²) < 4.78 is 0. The Kier molecular flexibility index (Phi) is 6.91. The highest BCUT2D eigenvalue weighted by Gasteiger charge is 2.26. The molecule has 0 aliphatic heterocycles. The van der Waals surface area contributed by atoms with Gasteiger partial charge in [0.2, 0.25) is 0 Å². The first-order valence-electron chi connectivity index (χ1n) is 13.3. The predicted octanol–water partition coefficient (Wildman–Crippen LogP) is 8.96. The molecular formula is C35H38. The van der Waals surface area contributed by atoms with Crippen molar-refractivity contribution in [2.45, 2.75) is 64.7 Å². The molecule has 0 radical (unpaired) electrons. The van der Waals surface area contributed by atoms with E-state index in [1.807, 2.05) is 0 Å². The van der Waals surface area contributed by atoms with Crippen LogP contribution in [0.4, 0.5) is 0 Å². The van der Waals surface area contributed by atoms with Crippen molar-refractivity contribution in [3.05, 3.63) is 142 Å². The molecule has 0 fully saturated rings. The first kappa shape index (κ1) is 23.6. The molecule has 0 saturated carbocycles. The molecule has 0 heteroatoms. The molecule has 0 bridgehead atoms. The van der Waals surface area contributed by atoms with E-state index in [1.165, 1.54) is 57.4 Å². The third-order valence-corrected chi connectivity index (χ3v) is 7.58. The quantitative estimate of drug-likeness (QED) is 0.388. The first-order chi connectivity index (χ1) is 17.0. The van der Waals surface area contributed by atoms with E-state index in [-0.39, 0.29) is 5.41 Å². The summed E-state index contributed by atoms with van der Waals surface area (Å²) in [5.74, 6) is 0.417. The third kappa shape index (κ3) is 5.59. The molecule has 1 unspecified atom stereocenters. The molecule has 0 nitrogen and oxygen atoms in total. The van der Waals surface area contributed by atoms with Crippen LogP contribution in [0, 0.1) is 5.92 Å². The number of fused-ring (bicyclic) bond motifs is 1. The minimum Gasteiger partial charge on any atom is -0.0836 e. The number of hydrogen-bond acceptors (Lipinski definition) is 0. The average Bonchev–Trinajstić information content (AvgIpc) is 3.36. The molecule has 0 N–H and O–H groups in total. The lowest BCUT2D eigenvalue weighted by atomic mass is 9.78. The number of aryl methyl sites for hydroxylation is 2. The molecule has 178 valence electrons. The van der Waals surface area contributed by atoms with Crippen molar-refractivity contribution in [1.29, 1.82) is 0 Å². The highest BCUT2D eigenvalue weighted by molar-refractivity contribution is 5.60. The lowest BCUT2D eigenvalue weighted by Crippen LogP contribution is -2.12. The maximum Gasteiger partial charge on any atom is 0.0281 e. The van der Waals surface area contributed by atoms with E-state index in [0.29, 0.717) is 5.92 Å². The van der Waals surface area contributed by atoms with Crippen LogP contribution < -0.4 is 0 Å². The van der Waals surface area contributed by atoms with Crippen LogP contribution in [-0.2, 0) is 24.7 Å². The van der Waals surface area contributed by atoms with E-state index >= 15 is 0 Å². The molecule has 0 spiro atoms. The zero-order valence-electron chi connectivity index (χ0n) is 21.6. The molecular weight excluding hydrogens is 420 g/mol. The maximum atomic E-state index is 2.40.